The standard InChI is InChI=1S/C15H17BrN2O3/c1-3-4-5-18-15(20)11(9-17)6-10-7-12(16)14(19)13(8-10)21-2/h6-8,19H,3-5H2,1-2H3,(H,18,20)/b11-6-. The number of carbonyl (C=O) groups excluding carboxylic acids is 1. The van der Waals surface area contributed by atoms with Crippen molar-refractivity contribution in [2.45, 2.75) is 19.8 Å². The molecule has 0 aliphatic carbocycles. The van der Waals surface area contributed by atoms with E-state index in [9.17, 15) is 9.90 Å². The summed E-state index contributed by atoms with van der Waals surface area (Å²) in [6, 6.07) is 5.04. The summed E-state index contributed by atoms with van der Waals surface area (Å²) >= 11 is 3.20. The number of benzene rings is 1. The van der Waals surface area contributed by atoms with Crippen LogP contribution in [0.25, 0.3) is 6.08 Å². The van der Waals surface area contributed by atoms with Crippen LogP contribution in [0.5, 0.6) is 11.5 Å². The van der Waals surface area contributed by atoms with Crippen LogP contribution in [0.4, 0.5) is 0 Å². The van der Waals surface area contributed by atoms with E-state index < -0.39 is 5.91 Å². The molecule has 21 heavy (non-hydrogen) atoms. The summed E-state index contributed by atoms with van der Waals surface area (Å²) in [5.41, 5.74) is 0.587. The number of carbonyl (C=O) groups is 1. The summed E-state index contributed by atoms with van der Waals surface area (Å²) in [6.45, 7) is 2.56. The van der Waals surface area contributed by atoms with E-state index >= 15 is 0 Å². The van der Waals surface area contributed by atoms with Crippen LogP contribution >= 0.6 is 15.9 Å². The first-order chi connectivity index (χ1) is 10.0. The molecule has 0 atom stereocenters. The average molecular weight is 353 g/mol. The highest BCUT2D eigenvalue weighted by Gasteiger charge is 2.11. The van der Waals surface area contributed by atoms with Crippen molar-refractivity contribution < 1.29 is 14.6 Å². The second-order valence-corrected chi connectivity index (χ2v) is 5.19. The normalized spacial score (nSPS) is 10.9. The Morgan fingerprint density at radius 2 is 2.29 bits per heavy atom. The van der Waals surface area contributed by atoms with E-state index in [4.69, 9.17) is 10.00 Å². The molecule has 1 amide bonds. The molecule has 0 unspecified atom stereocenters. The van der Waals surface area contributed by atoms with E-state index in [1.165, 1.54) is 13.2 Å². The van der Waals surface area contributed by atoms with Gasteiger partial charge < -0.3 is 15.2 Å². The molecule has 2 N–H and O–H groups in total. The number of nitriles is 1. The highest BCUT2D eigenvalue weighted by molar-refractivity contribution is 9.10. The van der Waals surface area contributed by atoms with Gasteiger partial charge in [0.1, 0.15) is 11.6 Å². The Kier molecular flexibility index (Phi) is 6.76. The highest BCUT2D eigenvalue weighted by atomic mass is 79.9. The minimum atomic E-state index is -0.408. The van der Waals surface area contributed by atoms with Crippen LogP contribution < -0.4 is 10.1 Å². The molecule has 0 saturated carbocycles. The first kappa shape index (κ1) is 17.1. The molecular weight excluding hydrogens is 336 g/mol. The summed E-state index contributed by atoms with van der Waals surface area (Å²) in [7, 11) is 1.43. The lowest BCUT2D eigenvalue weighted by Crippen LogP contribution is -2.25. The minimum Gasteiger partial charge on any atom is -0.503 e. The molecule has 0 aliphatic rings. The Morgan fingerprint density at radius 3 is 2.86 bits per heavy atom. The van der Waals surface area contributed by atoms with Gasteiger partial charge in [0.25, 0.3) is 5.91 Å². The largest absolute Gasteiger partial charge is 0.503 e. The third-order valence-corrected chi connectivity index (χ3v) is 3.37. The van der Waals surface area contributed by atoms with E-state index in [0.29, 0.717) is 16.6 Å². The number of nitrogens with zero attached hydrogens (tertiary/aromatic N) is 1. The van der Waals surface area contributed by atoms with Gasteiger partial charge in [0.05, 0.1) is 11.6 Å². The zero-order chi connectivity index (χ0) is 15.8. The van der Waals surface area contributed by atoms with E-state index in [1.54, 1.807) is 12.1 Å². The number of ether oxygens (including phenoxy) is 1. The van der Waals surface area contributed by atoms with Crippen molar-refractivity contribution in [3.8, 4) is 17.6 Å². The lowest BCUT2D eigenvalue weighted by atomic mass is 10.1. The number of rotatable bonds is 6. The van der Waals surface area contributed by atoms with Crippen molar-refractivity contribution in [3.05, 3.63) is 27.7 Å². The molecule has 0 fully saturated rings. The topological polar surface area (TPSA) is 82.4 Å². The molecule has 5 nitrogen and oxygen atoms in total. The Bertz CT molecular complexity index is 591. The number of hydrogen-bond donors (Lipinski definition) is 2. The predicted octanol–water partition coefficient (Wildman–Crippen LogP) is 2.99. The van der Waals surface area contributed by atoms with Crippen molar-refractivity contribution in [3.63, 3.8) is 0 Å². The van der Waals surface area contributed by atoms with Gasteiger partial charge in [0.15, 0.2) is 11.5 Å². The Hall–Kier alpha value is -2.00. The maximum Gasteiger partial charge on any atom is 0.261 e. The molecule has 6 heteroatoms. The number of hydrogen-bond acceptors (Lipinski definition) is 4. The summed E-state index contributed by atoms with van der Waals surface area (Å²) in [4.78, 5) is 11.9. The predicted molar refractivity (Wildman–Crippen MR) is 83.9 cm³/mol. The zero-order valence-electron chi connectivity index (χ0n) is 11.9. The molecule has 0 spiro atoms. The SMILES string of the molecule is CCCCNC(=O)/C(C#N)=C\c1cc(Br)c(O)c(OC)c1. The fourth-order valence-corrected chi connectivity index (χ4v) is 2.08. The van der Waals surface area contributed by atoms with Gasteiger partial charge in [-0.3, -0.25) is 4.79 Å². The number of halogens is 1. The maximum atomic E-state index is 11.9. The molecule has 0 aromatic heterocycles. The lowest BCUT2D eigenvalue weighted by Gasteiger charge is -2.07. The van der Waals surface area contributed by atoms with Gasteiger partial charge in [-0.05, 0) is 46.1 Å². The van der Waals surface area contributed by atoms with E-state index in [0.717, 1.165) is 12.8 Å². The van der Waals surface area contributed by atoms with Gasteiger partial charge in [-0.15, -0.1) is 0 Å². The van der Waals surface area contributed by atoms with Crippen LogP contribution in [-0.4, -0.2) is 24.7 Å². The third kappa shape index (κ3) is 4.80. The van der Waals surface area contributed by atoms with Crippen molar-refractivity contribution in [1.29, 1.82) is 5.26 Å². The summed E-state index contributed by atoms with van der Waals surface area (Å²) in [6.07, 6.45) is 3.28. The fourth-order valence-electron chi connectivity index (χ4n) is 1.62. The smallest absolute Gasteiger partial charge is 0.261 e. The second kappa shape index (κ2) is 8.32. The number of phenolic OH excluding ortho intramolecular Hbond substituents is 1. The van der Waals surface area contributed by atoms with Crippen molar-refractivity contribution in [2.75, 3.05) is 13.7 Å². The highest BCUT2D eigenvalue weighted by Crippen LogP contribution is 2.35. The van der Waals surface area contributed by atoms with Crippen molar-refractivity contribution >= 4 is 27.9 Å². The molecular formula is C15H17BrN2O3. The van der Waals surface area contributed by atoms with Gasteiger partial charge in [0.2, 0.25) is 0 Å². The van der Waals surface area contributed by atoms with Crippen LogP contribution in [0.1, 0.15) is 25.3 Å². The van der Waals surface area contributed by atoms with Crippen molar-refractivity contribution in [1.82, 2.24) is 5.32 Å². The third-order valence-electron chi connectivity index (χ3n) is 2.76. The summed E-state index contributed by atoms with van der Waals surface area (Å²) in [5, 5.41) is 21.5. The van der Waals surface area contributed by atoms with Crippen LogP contribution in [0.2, 0.25) is 0 Å². The molecule has 1 aromatic rings. The molecule has 0 bridgehead atoms. The zero-order valence-corrected chi connectivity index (χ0v) is 13.5. The Morgan fingerprint density at radius 1 is 1.57 bits per heavy atom. The fraction of sp³-hybridized carbons (Fsp3) is 0.333. The lowest BCUT2D eigenvalue weighted by molar-refractivity contribution is -0.117. The number of unbranched alkanes of at least 4 members (excludes halogenated alkanes) is 1. The van der Waals surface area contributed by atoms with Gasteiger partial charge >= 0.3 is 0 Å². The van der Waals surface area contributed by atoms with Gasteiger partial charge in [-0.2, -0.15) is 5.26 Å². The minimum absolute atomic E-state index is 0.00532. The van der Waals surface area contributed by atoms with Gasteiger partial charge in [-0.25, -0.2) is 0 Å². The number of amides is 1. The number of aromatic hydroxyl groups is 1. The molecule has 112 valence electrons. The van der Waals surface area contributed by atoms with Gasteiger partial charge in [0, 0.05) is 6.54 Å². The molecule has 1 aromatic carbocycles. The molecule has 0 radical (unpaired) electrons. The number of methoxy groups -OCH3 is 1. The molecule has 0 saturated heterocycles. The maximum absolute atomic E-state index is 11.9. The Balaban J connectivity index is 3.01. The monoisotopic (exact) mass is 352 g/mol. The number of nitrogens with one attached hydrogen (secondary N) is 1. The molecule has 0 aliphatic heterocycles. The van der Waals surface area contributed by atoms with E-state index in [-0.39, 0.29) is 17.1 Å². The van der Waals surface area contributed by atoms with Crippen molar-refractivity contribution in [2.24, 2.45) is 0 Å². The van der Waals surface area contributed by atoms with Crippen LogP contribution in [0.15, 0.2) is 22.2 Å². The first-order valence-electron chi connectivity index (χ1n) is 6.50. The van der Waals surface area contributed by atoms with Crippen LogP contribution in [0, 0.1) is 11.3 Å². The summed E-state index contributed by atoms with van der Waals surface area (Å²) < 4.78 is 5.46. The first-order valence-corrected chi connectivity index (χ1v) is 7.29. The Labute approximate surface area is 132 Å². The van der Waals surface area contributed by atoms with E-state index in [2.05, 4.69) is 21.2 Å². The van der Waals surface area contributed by atoms with Gasteiger partial charge in [-0.1, -0.05) is 13.3 Å². The quantitative estimate of drug-likeness (QED) is 0.468. The summed E-state index contributed by atoms with van der Waals surface area (Å²) in [5.74, 6) is -0.172. The van der Waals surface area contributed by atoms with Crippen LogP contribution in [-0.2, 0) is 4.79 Å². The number of phenols is 1. The average Bonchev–Trinajstić information content (AvgIpc) is 2.48. The molecule has 1 rings (SSSR count). The van der Waals surface area contributed by atoms with E-state index in [1.807, 2.05) is 13.0 Å². The molecule has 0 heterocycles. The van der Waals surface area contributed by atoms with Crippen LogP contribution in [0.3, 0.4) is 0 Å². The second-order valence-electron chi connectivity index (χ2n) is 4.33.